The van der Waals surface area contributed by atoms with Gasteiger partial charge in [-0.15, -0.1) is 0 Å². The monoisotopic (exact) mass is 238 g/mol. The van der Waals surface area contributed by atoms with Crippen LogP contribution in [0.2, 0.25) is 0 Å². The molecular weight excluding hydrogens is 224 g/mol. The van der Waals surface area contributed by atoms with Gasteiger partial charge < -0.3 is 4.74 Å². The summed E-state index contributed by atoms with van der Waals surface area (Å²) in [7, 11) is 0. The topological polar surface area (TPSA) is 85.2 Å². The van der Waals surface area contributed by atoms with Gasteiger partial charge in [0.25, 0.3) is 0 Å². The summed E-state index contributed by atoms with van der Waals surface area (Å²) in [6, 6.07) is -0.840. The highest BCUT2D eigenvalue weighted by molar-refractivity contribution is 5.76. The first-order chi connectivity index (χ1) is 8.26. The molecule has 0 bridgehead atoms. The average Bonchev–Trinajstić information content (AvgIpc) is 2.34. The van der Waals surface area contributed by atoms with Crippen molar-refractivity contribution in [3.63, 3.8) is 0 Å². The van der Waals surface area contributed by atoms with Gasteiger partial charge in [-0.1, -0.05) is 12.7 Å². The lowest BCUT2D eigenvalue weighted by Gasteiger charge is -2.08. The third kappa shape index (κ3) is 7.85. The van der Waals surface area contributed by atoms with Crippen LogP contribution in [0.25, 0.3) is 0 Å². The number of rotatable bonds is 9. The van der Waals surface area contributed by atoms with Crippen LogP contribution < -0.4 is 0 Å². The van der Waals surface area contributed by atoms with E-state index in [-0.39, 0.29) is 6.61 Å². The first-order valence-electron chi connectivity index (χ1n) is 5.14. The van der Waals surface area contributed by atoms with Crippen molar-refractivity contribution in [1.29, 1.82) is 0 Å². The van der Waals surface area contributed by atoms with E-state index >= 15 is 0 Å². The third-order valence-electron chi connectivity index (χ3n) is 1.89. The summed E-state index contributed by atoms with van der Waals surface area (Å²) < 4.78 is 4.77. The molecule has 0 saturated carbocycles. The lowest BCUT2D eigenvalue weighted by molar-refractivity contribution is -0.144. The smallest absolute Gasteiger partial charge is 0.332 e. The Kier molecular flexibility index (Phi) is 9.23. The molecule has 0 N–H and O–H groups in total. The van der Waals surface area contributed by atoms with Crippen LogP contribution in [0.1, 0.15) is 19.3 Å². The summed E-state index contributed by atoms with van der Waals surface area (Å²) in [6.07, 6.45) is 5.77. The maximum absolute atomic E-state index is 11.4. The Morgan fingerprint density at radius 2 is 2.12 bits per heavy atom. The Morgan fingerprint density at radius 3 is 2.71 bits per heavy atom. The number of unbranched alkanes of at least 4 members (excludes halogenated alkanes) is 1. The molecular formula is C11H14N2O4. The predicted molar refractivity (Wildman–Crippen MR) is 59.9 cm³/mol. The van der Waals surface area contributed by atoms with E-state index in [1.54, 1.807) is 0 Å². The van der Waals surface area contributed by atoms with Gasteiger partial charge >= 0.3 is 5.97 Å². The summed E-state index contributed by atoms with van der Waals surface area (Å²) >= 11 is 0. The Morgan fingerprint density at radius 1 is 1.35 bits per heavy atom. The van der Waals surface area contributed by atoms with E-state index in [0.717, 1.165) is 0 Å². The molecule has 0 aromatic heterocycles. The number of aliphatic imine (C=N–C) groups is 2. The Balaban J connectivity index is 4.05. The molecule has 0 heterocycles. The second kappa shape index (κ2) is 10.5. The first-order valence-corrected chi connectivity index (χ1v) is 5.14. The number of esters is 1. The van der Waals surface area contributed by atoms with E-state index < -0.39 is 12.0 Å². The lowest BCUT2D eigenvalue weighted by atomic mass is 10.1. The number of ether oxygens (including phenoxy) is 1. The molecule has 1 unspecified atom stereocenters. The molecule has 0 aliphatic rings. The van der Waals surface area contributed by atoms with Crippen LogP contribution >= 0.6 is 0 Å². The number of carbonyl (C=O) groups excluding carboxylic acids is 3. The largest absolute Gasteiger partial charge is 0.460 e. The van der Waals surface area contributed by atoms with Gasteiger partial charge in [0.15, 0.2) is 6.04 Å². The van der Waals surface area contributed by atoms with Gasteiger partial charge in [-0.3, -0.25) is 0 Å². The minimum Gasteiger partial charge on any atom is -0.460 e. The second-order valence-electron chi connectivity index (χ2n) is 3.12. The fourth-order valence-corrected chi connectivity index (χ4v) is 1.11. The van der Waals surface area contributed by atoms with Crippen molar-refractivity contribution in [2.45, 2.75) is 25.3 Å². The molecule has 0 aromatic rings. The van der Waals surface area contributed by atoms with E-state index in [4.69, 9.17) is 4.74 Å². The molecule has 92 valence electrons. The fourth-order valence-electron chi connectivity index (χ4n) is 1.11. The number of hydrogen-bond acceptors (Lipinski definition) is 6. The van der Waals surface area contributed by atoms with E-state index in [1.165, 1.54) is 18.2 Å². The molecule has 0 aliphatic carbocycles. The van der Waals surface area contributed by atoms with Gasteiger partial charge in [0.2, 0.25) is 12.2 Å². The van der Waals surface area contributed by atoms with Gasteiger partial charge in [-0.2, -0.15) is 4.99 Å². The molecule has 0 rings (SSSR count). The highest BCUT2D eigenvalue weighted by Crippen LogP contribution is 2.06. The van der Waals surface area contributed by atoms with Crippen molar-refractivity contribution in [2.75, 3.05) is 13.2 Å². The van der Waals surface area contributed by atoms with E-state index in [9.17, 15) is 14.4 Å². The molecule has 0 aliphatic heterocycles. The summed E-state index contributed by atoms with van der Waals surface area (Å²) in [6.45, 7) is 3.83. The number of hydrogen-bond donors (Lipinski definition) is 0. The summed E-state index contributed by atoms with van der Waals surface area (Å²) in [5.74, 6) is -0.577. The standard InChI is InChI=1S/C11H14N2O4/c1-2-7-17-11(16)10(13-9-15)5-3-4-6-12-8-14/h2,10H,1,3-7H2. The van der Waals surface area contributed by atoms with Crippen LogP contribution in [0.15, 0.2) is 22.6 Å². The average molecular weight is 238 g/mol. The highest BCUT2D eigenvalue weighted by atomic mass is 16.5. The van der Waals surface area contributed by atoms with Crippen LogP contribution in [-0.2, 0) is 19.1 Å². The van der Waals surface area contributed by atoms with E-state index in [1.807, 2.05) is 0 Å². The zero-order valence-electron chi connectivity index (χ0n) is 9.42. The van der Waals surface area contributed by atoms with Crippen molar-refractivity contribution >= 4 is 18.1 Å². The summed E-state index contributed by atoms with van der Waals surface area (Å²) in [4.78, 5) is 38.0. The molecule has 0 spiro atoms. The van der Waals surface area contributed by atoms with Crippen LogP contribution in [-0.4, -0.2) is 37.3 Å². The minimum atomic E-state index is -0.840. The SMILES string of the molecule is C=CCOC(=O)C(CCCCN=C=O)N=C=O. The summed E-state index contributed by atoms with van der Waals surface area (Å²) in [5.41, 5.74) is 0. The normalized spacial score (nSPS) is 10.6. The van der Waals surface area contributed by atoms with Crippen LogP contribution in [0, 0.1) is 0 Å². The first kappa shape index (κ1) is 15.0. The second-order valence-corrected chi connectivity index (χ2v) is 3.12. The molecule has 0 saturated heterocycles. The minimum absolute atomic E-state index is 0.0825. The maximum atomic E-state index is 11.4. The molecule has 6 heteroatoms. The van der Waals surface area contributed by atoms with Gasteiger partial charge in [-0.05, 0) is 19.3 Å². The number of isocyanates is 2. The number of carbonyl (C=O) groups is 1. The Labute approximate surface area is 99.1 Å². The molecule has 0 fully saturated rings. The molecule has 1 atom stereocenters. The molecule has 6 nitrogen and oxygen atoms in total. The molecule has 0 aromatic carbocycles. The highest BCUT2D eigenvalue weighted by Gasteiger charge is 2.18. The van der Waals surface area contributed by atoms with Crippen molar-refractivity contribution in [1.82, 2.24) is 0 Å². The van der Waals surface area contributed by atoms with Gasteiger partial charge in [-0.25, -0.2) is 19.4 Å². The van der Waals surface area contributed by atoms with Crippen molar-refractivity contribution in [3.8, 4) is 0 Å². The zero-order valence-corrected chi connectivity index (χ0v) is 9.42. The van der Waals surface area contributed by atoms with Crippen LogP contribution in [0.4, 0.5) is 0 Å². The Bertz CT molecular complexity index is 341. The Hall–Kier alpha value is -2.03. The van der Waals surface area contributed by atoms with Crippen molar-refractivity contribution in [2.24, 2.45) is 9.98 Å². The van der Waals surface area contributed by atoms with Gasteiger partial charge in [0.1, 0.15) is 6.61 Å². The molecule has 0 radical (unpaired) electrons. The van der Waals surface area contributed by atoms with Crippen LogP contribution in [0.5, 0.6) is 0 Å². The van der Waals surface area contributed by atoms with Gasteiger partial charge in [0.05, 0.1) is 6.54 Å². The maximum Gasteiger partial charge on any atom is 0.332 e. The van der Waals surface area contributed by atoms with Crippen molar-refractivity contribution in [3.05, 3.63) is 12.7 Å². The third-order valence-corrected chi connectivity index (χ3v) is 1.89. The molecule has 17 heavy (non-hydrogen) atoms. The lowest BCUT2D eigenvalue weighted by Crippen LogP contribution is -2.21. The summed E-state index contributed by atoms with van der Waals surface area (Å²) in [5, 5.41) is 0. The number of nitrogens with zero attached hydrogens (tertiary/aromatic N) is 2. The fraction of sp³-hybridized carbons (Fsp3) is 0.545. The molecule has 0 amide bonds. The van der Waals surface area contributed by atoms with Gasteiger partial charge in [0, 0.05) is 0 Å². The predicted octanol–water partition coefficient (Wildman–Crippen LogP) is 0.926. The van der Waals surface area contributed by atoms with Crippen LogP contribution in [0.3, 0.4) is 0 Å². The zero-order chi connectivity index (χ0) is 12.9. The van der Waals surface area contributed by atoms with Crippen molar-refractivity contribution < 1.29 is 19.1 Å². The quantitative estimate of drug-likeness (QED) is 0.196. The van der Waals surface area contributed by atoms with E-state index in [2.05, 4.69) is 16.6 Å². The van der Waals surface area contributed by atoms with E-state index in [0.29, 0.717) is 25.8 Å².